The molecule has 0 saturated heterocycles. The molecule has 0 aromatic carbocycles. The van der Waals surface area contributed by atoms with Crippen LogP contribution in [0.4, 0.5) is 5.82 Å². The fraction of sp³-hybridized carbons (Fsp3) is 0.182. The lowest BCUT2D eigenvalue weighted by Crippen LogP contribution is -2.24. The van der Waals surface area contributed by atoms with E-state index in [0.717, 1.165) is 0 Å². The summed E-state index contributed by atoms with van der Waals surface area (Å²) >= 11 is 5.91. The van der Waals surface area contributed by atoms with E-state index in [2.05, 4.69) is 25.0 Å². The second kappa shape index (κ2) is 6.12. The number of anilines is 1. The third-order valence-electron chi connectivity index (χ3n) is 2.45. The summed E-state index contributed by atoms with van der Waals surface area (Å²) in [5.74, 6) is 0.418. The molecule has 7 nitrogen and oxygen atoms in total. The lowest BCUT2D eigenvalue weighted by molar-refractivity contribution is 0.580. The zero-order valence-corrected chi connectivity index (χ0v) is 12.1. The Labute approximate surface area is 121 Å². The molecule has 0 fully saturated rings. The van der Waals surface area contributed by atoms with Crippen LogP contribution in [-0.2, 0) is 16.6 Å². The van der Waals surface area contributed by atoms with E-state index >= 15 is 0 Å². The largest absolute Gasteiger partial charge is 0.372 e. The van der Waals surface area contributed by atoms with Crippen LogP contribution < -0.4 is 10.0 Å². The second-order valence-electron chi connectivity index (χ2n) is 3.78. The average Bonchev–Trinajstić information content (AvgIpc) is 2.46. The molecule has 0 saturated carbocycles. The van der Waals surface area contributed by atoms with Crippen molar-refractivity contribution < 1.29 is 8.42 Å². The van der Waals surface area contributed by atoms with E-state index in [1.165, 1.54) is 24.8 Å². The molecule has 0 bridgehead atoms. The molecule has 2 heterocycles. The lowest BCUT2D eigenvalue weighted by Gasteiger charge is -2.08. The number of hydrogen-bond acceptors (Lipinski definition) is 6. The smallest absolute Gasteiger partial charge is 0.242 e. The Morgan fingerprint density at radius 1 is 1.35 bits per heavy atom. The summed E-state index contributed by atoms with van der Waals surface area (Å²) in [4.78, 5) is 11.6. The van der Waals surface area contributed by atoms with E-state index < -0.39 is 10.0 Å². The van der Waals surface area contributed by atoms with Crippen LogP contribution in [0.3, 0.4) is 0 Å². The van der Waals surface area contributed by atoms with Gasteiger partial charge in [-0.1, -0.05) is 11.6 Å². The number of hydrogen-bond donors (Lipinski definition) is 2. The van der Waals surface area contributed by atoms with Crippen LogP contribution in [0.2, 0.25) is 5.02 Å². The van der Waals surface area contributed by atoms with Crippen molar-refractivity contribution in [1.29, 1.82) is 0 Å². The third kappa shape index (κ3) is 3.41. The van der Waals surface area contributed by atoms with E-state index in [0.29, 0.717) is 11.5 Å². The van der Waals surface area contributed by atoms with E-state index in [1.54, 1.807) is 13.1 Å². The standard InChI is InChI=1S/C11H12ClN5O2S/c1-13-11-10(12)4-9(6-15-11)20(18,19)17-5-8-2-3-14-7-16-8/h2-4,6-7,17H,5H2,1H3,(H,13,15). The molecule has 2 aromatic rings. The van der Waals surface area contributed by atoms with Crippen molar-refractivity contribution >= 4 is 27.4 Å². The minimum Gasteiger partial charge on any atom is -0.372 e. The monoisotopic (exact) mass is 313 g/mol. The highest BCUT2D eigenvalue weighted by atomic mass is 35.5. The predicted octanol–water partition coefficient (Wildman–Crippen LogP) is 1.05. The van der Waals surface area contributed by atoms with Gasteiger partial charge in [-0.15, -0.1) is 0 Å². The molecule has 0 aliphatic heterocycles. The molecule has 0 amide bonds. The molecule has 0 aliphatic rings. The Bertz CT molecular complexity index is 693. The molecular formula is C11H12ClN5O2S. The average molecular weight is 314 g/mol. The van der Waals surface area contributed by atoms with Crippen molar-refractivity contribution in [2.24, 2.45) is 0 Å². The Balaban J connectivity index is 2.16. The van der Waals surface area contributed by atoms with Crippen molar-refractivity contribution in [1.82, 2.24) is 19.7 Å². The molecule has 2 N–H and O–H groups in total. The van der Waals surface area contributed by atoms with Gasteiger partial charge in [0.15, 0.2) is 0 Å². The SMILES string of the molecule is CNc1ncc(S(=O)(=O)NCc2ccncn2)cc1Cl. The summed E-state index contributed by atoms with van der Waals surface area (Å²) in [7, 11) is -2.04. The number of rotatable bonds is 5. The van der Waals surface area contributed by atoms with Gasteiger partial charge in [-0.25, -0.2) is 28.1 Å². The molecule has 2 aromatic heterocycles. The van der Waals surface area contributed by atoms with E-state index in [4.69, 9.17) is 11.6 Å². The first-order valence-electron chi connectivity index (χ1n) is 5.61. The number of aromatic nitrogens is 3. The van der Waals surface area contributed by atoms with Crippen LogP contribution in [0.5, 0.6) is 0 Å². The number of nitrogens with zero attached hydrogens (tertiary/aromatic N) is 3. The highest BCUT2D eigenvalue weighted by Gasteiger charge is 2.16. The second-order valence-corrected chi connectivity index (χ2v) is 5.95. The molecular weight excluding hydrogens is 302 g/mol. The number of halogens is 1. The summed E-state index contributed by atoms with van der Waals surface area (Å²) < 4.78 is 26.6. The van der Waals surface area contributed by atoms with Gasteiger partial charge in [-0.3, -0.25) is 0 Å². The zero-order chi connectivity index (χ0) is 14.6. The maximum atomic E-state index is 12.1. The van der Waals surface area contributed by atoms with Crippen LogP contribution in [0.25, 0.3) is 0 Å². The van der Waals surface area contributed by atoms with E-state index in [9.17, 15) is 8.42 Å². The molecule has 106 valence electrons. The van der Waals surface area contributed by atoms with Crippen LogP contribution in [0, 0.1) is 0 Å². The highest BCUT2D eigenvalue weighted by Crippen LogP contribution is 2.21. The van der Waals surface area contributed by atoms with Crippen LogP contribution >= 0.6 is 11.6 Å². The molecule has 20 heavy (non-hydrogen) atoms. The van der Waals surface area contributed by atoms with Gasteiger partial charge in [0.25, 0.3) is 0 Å². The number of sulfonamides is 1. The summed E-state index contributed by atoms with van der Waals surface area (Å²) in [6.45, 7) is 0.0657. The Kier molecular flexibility index (Phi) is 4.48. The lowest BCUT2D eigenvalue weighted by atomic mass is 10.4. The predicted molar refractivity (Wildman–Crippen MR) is 74.9 cm³/mol. The van der Waals surface area contributed by atoms with Gasteiger partial charge in [-0.05, 0) is 12.1 Å². The Morgan fingerprint density at radius 2 is 2.15 bits per heavy atom. The Hall–Kier alpha value is -1.77. The zero-order valence-electron chi connectivity index (χ0n) is 10.5. The molecule has 0 radical (unpaired) electrons. The van der Waals surface area contributed by atoms with Crippen LogP contribution in [-0.4, -0.2) is 30.4 Å². The maximum Gasteiger partial charge on any atom is 0.242 e. The molecule has 0 unspecified atom stereocenters. The summed E-state index contributed by atoms with van der Waals surface area (Å²) in [6.07, 6.45) is 4.13. The summed E-state index contributed by atoms with van der Waals surface area (Å²) in [6, 6.07) is 2.96. The first-order chi connectivity index (χ1) is 9.53. The first kappa shape index (κ1) is 14.6. The highest BCUT2D eigenvalue weighted by molar-refractivity contribution is 7.89. The van der Waals surface area contributed by atoms with Gasteiger partial charge < -0.3 is 5.32 Å². The van der Waals surface area contributed by atoms with Crippen molar-refractivity contribution in [3.8, 4) is 0 Å². The topological polar surface area (TPSA) is 96.9 Å². The number of nitrogens with one attached hydrogen (secondary N) is 2. The van der Waals surface area contributed by atoms with Gasteiger partial charge >= 0.3 is 0 Å². The van der Waals surface area contributed by atoms with Gasteiger partial charge in [0.05, 0.1) is 17.3 Å². The van der Waals surface area contributed by atoms with Crippen molar-refractivity contribution in [3.63, 3.8) is 0 Å². The summed E-state index contributed by atoms with van der Waals surface area (Å²) in [5, 5.41) is 2.99. The van der Waals surface area contributed by atoms with Crippen molar-refractivity contribution in [2.45, 2.75) is 11.4 Å². The normalized spacial score (nSPS) is 11.3. The van der Waals surface area contributed by atoms with Crippen LogP contribution in [0.1, 0.15) is 5.69 Å². The van der Waals surface area contributed by atoms with Gasteiger partial charge in [0.1, 0.15) is 17.0 Å². The fourth-order valence-corrected chi connectivity index (χ4v) is 2.72. The fourth-order valence-electron chi connectivity index (χ4n) is 1.43. The summed E-state index contributed by atoms with van der Waals surface area (Å²) in [5.41, 5.74) is 0.564. The third-order valence-corrected chi connectivity index (χ3v) is 4.11. The maximum absolute atomic E-state index is 12.1. The van der Waals surface area contributed by atoms with Gasteiger partial charge in [0, 0.05) is 19.4 Å². The molecule has 0 spiro atoms. The minimum absolute atomic E-state index is 0.00411. The minimum atomic E-state index is -3.69. The van der Waals surface area contributed by atoms with Crippen LogP contribution in [0.15, 0.2) is 35.7 Å². The van der Waals surface area contributed by atoms with E-state index in [1.807, 2.05) is 0 Å². The quantitative estimate of drug-likeness (QED) is 0.856. The van der Waals surface area contributed by atoms with Gasteiger partial charge in [0.2, 0.25) is 10.0 Å². The van der Waals surface area contributed by atoms with Crippen molar-refractivity contribution in [2.75, 3.05) is 12.4 Å². The Morgan fingerprint density at radius 3 is 2.75 bits per heavy atom. The molecule has 0 atom stereocenters. The van der Waals surface area contributed by atoms with E-state index in [-0.39, 0.29) is 16.5 Å². The molecule has 2 rings (SSSR count). The number of pyridine rings is 1. The van der Waals surface area contributed by atoms with Crippen molar-refractivity contribution in [3.05, 3.63) is 41.6 Å². The van der Waals surface area contributed by atoms with Gasteiger partial charge in [-0.2, -0.15) is 0 Å². The first-order valence-corrected chi connectivity index (χ1v) is 7.47. The molecule has 0 aliphatic carbocycles. The molecule has 9 heteroatoms.